The number of nitrogens with zero attached hydrogens (tertiary/aromatic N) is 1. The fraction of sp³-hybridized carbons (Fsp3) is 0.429. The van der Waals surface area contributed by atoms with Crippen molar-refractivity contribution in [2.75, 3.05) is 47.5 Å². The van der Waals surface area contributed by atoms with Gasteiger partial charge in [0.2, 0.25) is 0 Å². The first-order valence-corrected chi connectivity index (χ1v) is 9.46. The molecule has 3 rings (SSSR count). The van der Waals surface area contributed by atoms with Crippen molar-refractivity contribution in [1.29, 1.82) is 0 Å². The molecule has 0 radical (unpaired) electrons. The van der Waals surface area contributed by atoms with Crippen LogP contribution in [0.1, 0.15) is 17.2 Å². The van der Waals surface area contributed by atoms with E-state index in [0.29, 0.717) is 17.2 Å². The summed E-state index contributed by atoms with van der Waals surface area (Å²) < 4.78 is 58.1. The van der Waals surface area contributed by atoms with Crippen molar-refractivity contribution in [3.63, 3.8) is 0 Å². The van der Waals surface area contributed by atoms with Crippen LogP contribution in [0, 0.1) is 0 Å². The lowest BCUT2D eigenvalue weighted by molar-refractivity contribution is -0.274. The third-order valence-electron chi connectivity index (χ3n) is 4.98. The SMILES string of the molecule is COc1cc(OC)c([C@H](c2ccc(OC(F)(F)F)cc2)N2CCNCC2)cc1OC.Cl.Cl. The predicted octanol–water partition coefficient (Wildman–Crippen LogP) is 4.45. The fourth-order valence-electron chi connectivity index (χ4n) is 3.65. The molecular weight excluding hydrogens is 472 g/mol. The third-order valence-corrected chi connectivity index (χ3v) is 4.98. The van der Waals surface area contributed by atoms with Gasteiger partial charge in [0.25, 0.3) is 0 Å². The van der Waals surface area contributed by atoms with E-state index >= 15 is 0 Å². The standard InChI is InChI=1S/C21H25F3N2O4.2ClH/c1-27-17-13-19(29-3)18(28-2)12-16(17)20(26-10-8-25-9-11-26)14-4-6-15(7-5-14)30-21(22,23)24;;/h4-7,12-13,20,25H,8-11H2,1-3H3;2*1H/t20-;;/m0../s1. The molecule has 0 aromatic heterocycles. The highest BCUT2D eigenvalue weighted by molar-refractivity contribution is 5.85. The Morgan fingerprint density at radius 3 is 1.88 bits per heavy atom. The van der Waals surface area contributed by atoms with Crippen LogP contribution in [0.25, 0.3) is 0 Å². The lowest BCUT2D eigenvalue weighted by Gasteiger charge is -2.36. The van der Waals surface area contributed by atoms with Crippen molar-refractivity contribution in [1.82, 2.24) is 10.2 Å². The average Bonchev–Trinajstić information content (AvgIpc) is 2.74. The number of methoxy groups -OCH3 is 3. The zero-order chi connectivity index (χ0) is 21.7. The first-order valence-electron chi connectivity index (χ1n) is 9.46. The van der Waals surface area contributed by atoms with E-state index < -0.39 is 6.36 Å². The van der Waals surface area contributed by atoms with E-state index in [0.717, 1.165) is 37.3 Å². The van der Waals surface area contributed by atoms with Crippen molar-refractivity contribution in [2.45, 2.75) is 12.4 Å². The number of nitrogens with one attached hydrogen (secondary N) is 1. The summed E-state index contributed by atoms with van der Waals surface area (Å²) in [5.41, 5.74) is 1.65. The maximum absolute atomic E-state index is 12.5. The van der Waals surface area contributed by atoms with Gasteiger partial charge in [-0.05, 0) is 23.8 Å². The molecule has 1 fully saturated rings. The minimum Gasteiger partial charge on any atom is -0.496 e. The Morgan fingerprint density at radius 1 is 0.844 bits per heavy atom. The van der Waals surface area contributed by atoms with Crippen LogP contribution in [0.2, 0.25) is 0 Å². The lowest BCUT2D eigenvalue weighted by Crippen LogP contribution is -2.45. The summed E-state index contributed by atoms with van der Waals surface area (Å²) in [6, 6.07) is 9.29. The summed E-state index contributed by atoms with van der Waals surface area (Å²) in [5.74, 6) is 1.42. The Bertz CT molecular complexity index is 848. The highest BCUT2D eigenvalue weighted by atomic mass is 35.5. The van der Waals surface area contributed by atoms with Gasteiger partial charge in [0.15, 0.2) is 11.5 Å². The highest BCUT2D eigenvalue weighted by Crippen LogP contribution is 2.42. The molecule has 0 saturated carbocycles. The molecule has 0 spiro atoms. The number of hydrogen-bond donors (Lipinski definition) is 1. The molecular formula is C21H27Cl2F3N2O4. The molecule has 1 heterocycles. The van der Waals surface area contributed by atoms with Crippen molar-refractivity contribution in [3.05, 3.63) is 47.5 Å². The van der Waals surface area contributed by atoms with E-state index in [-0.39, 0.29) is 36.6 Å². The van der Waals surface area contributed by atoms with Crippen molar-refractivity contribution >= 4 is 24.8 Å². The number of ether oxygens (including phenoxy) is 4. The third kappa shape index (κ3) is 6.71. The smallest absolute Gasteiger partial charge is 0.496 e. The molecule has 1 N–H and O–H groups in total. The summed E-state index contributed by atoms with van der Waals surface area (Å²) >= 11 is 0. The molecule has 32 heavy (non-hydrogen) atoms. The molecule has 0 unspecified atom stereocenters. The second-order valence-corrected chi connectivity index (χ2v) is 6.75. The summed E-state index contributed by atoms with van der Waals surface area (Å²) in [6.45, 7) is 3.15. The van der Waals surface area contributed by atoms with Crippen molar-refractivity contribution in [2.24, 2.45) is 0 Å². The lowest BCUT2D eigenvalue weighted by atomic mass is 9.95. The molecule has 2 aromatic rings. The first kappa shape index (κ1) is 28.0. The zero-order valence-electron chi connectivity index (χ0n) is 17.9. The predicted molar refractivity (Wildman–Crippen MR) is 120 cm³/mol. The van der Waals surface area contributed by atoms with Gasteiger partial charge in [0, 0.05) is 37.8 Å². The number of alkyl halides is 3. The molecule has 6 nitrogen and oxygen atoms in total. The van der Waals surface area contributed by atoms with Gasteiger partial charge in [-0.1, -0.05) is 12.1 Å². The van der Waals surface area contributed by atoms with E-state index in [1.165, 1.54) is 12.1 Å². The zero-order valence-corrected chi connectivity index (χ0v) is 19.5. The summed E-state index contributed by atoms with van der Waals surface area (Å²) in [4.78, 5) is 2.25. The van der Waals surface area contributed by atoms with Crippen LogP contribution in [0.3, 0.4) is 0 Å². The van der Waals surface area contributed by atoms with Gasteiger partial charge in [-0.3, -0.25) is 4.90 Å². The number of halogens is 5. The topological polar surface area (TPSA) is 52.2 Å². The Morgan fingerprint density at radius 2 is 1.38 bits per heavy atom. The van der Waals surface area contributed by atoms with Gasteiger partial charge in [0.1, 0.15) is 11.5 Å². The number of rotatable bonds is 7. The largest absolute Gasteiger partial charge is 0.573 e. The van der Waals surface area contributed by atoms with Crippen LogP contribution < -0.4 is 24.3 Å². The second-order valence-electron chi connectivity index (χ2n) is 6.75. The van der Waals surface area contributed by atoms with E-state index in [2.05, 4.69) is 15.0 Å². The van der Waals surface area contributed by atoms with Crippen LogP contribution in [0.5, 0.6) is 23.0 Å². The van der Waals surface area contributed by atoms with E-state index in [1.54, 1.807) is 39.5 Å². The molecule has 1 aliphatic rings. The Kier molecular flexibility index (Phi) is 10.7. The Hall–Kier alpha value is -2.07. The van der Waals surface area contributed by atoms with Gasteiger partial charge in [-0.2, -0.15) is 0 Å². The minimum absolute atomic E-state index is 0. The molecule has 1 saturated heterocycles. The normalized spacial score (nSPS) is 15.1. The van der Waals surface area contributed by atoms with Crippen molar-refractivity contribution < 1.29 is 32.1 Å². The Labute approximate surface area is 197 Å². The van der Waals surface area contributed by atoms with Crippen LogP contribution in [-0.4, -0.2) is 58.8 Å². The summed E-state index contributed by atoms with van der Waals surface area (Å²) in [7, 11) is 4.67. The van der Waals surface area contributed by atoms with Crippen LogP contribution >= 0.6 is 24.8 Å². The van der Waals surface area contributed by atoms with Crippen molar-refractivity contribution in [3.8, 4) is 23.0 Å². The van der Waals surface area contributed by atoms with Crippen LogP contribution in [-0.2, 0) is 0 Å². The van der Waals surface area contributed by atoms with Gasteiger partial charge < -0.3 is 24.3 Å². The van der Waals surface area contributed by atoms with Gasteiger partial charge in [-0.15, -0.1) is 38.0 Å². The van der Waals surface area contributed by atoms with E-state index in [1.807, 2.05) is 6.07 Å². The Balaban J connectivity index is 0.00000256. The van der Waals surface area contributed by atoms with Gasteiger partial charge in [0.05, 0.1) is 27.4 Å². The molecule has 1 aliphatic heterocycles. The minimum atomic E-state index is -4.73. The molecule has 11 heteroatoms. The maximum Gasteiger partial charge on any atom is 0.573 e. The molecule has 0 amide bonds. The fourth-order valence-corrected chi connectivity index (χ4v) is 3.65. The van der Waals surface area contributed by atoms with Gasteiger partial charge in [-0.25, -0.2) is 0 Å². The molecule has 0 bridgehead atoms. The molecule has 0 aliphatic carbocycles. The number of benzene rings is 2. The van der Waals surface area contributed by atoms with E-state index in [9.17, 15) is 13.2 Å². The van der Waals surface area contributed by atoms with Gasteiger partial charge >= 0.3 is 6.36 Å². The maximum atomic E-state index is 12.5. The molecule has 1 atom stereocenters. The highest BCUT2D eigenvalue weighted by Gasteiger charge is 2.32. The van der Waals surface area contributed by atoms with E-state index in [4.69, 9.17) is 14.2 Å². The second kappa shape index (κ2) is 12.2. The average molecular weight is 499 g/mol. The molecule has 180 valence electrons. The van der Waals surface area contributed by atoms with Crippen LogP contribution in [0.15, 0.2) is 36.4 Å². The summed E-state index contributed by atoms with van der Waals surface area (Å²) in [6.07, 6.45) is -4.73. The summed E-state index contributed by atoms with van der Waals surface area (Å²) in [5, 5.41) is 3.31. The molecule has 2 aromatic carbocycles. The number of hydrogen-bond acceptors (Lipinski definition) is 6. The van der Waals surface area contributed by atoms with Crippen LogP contribution in [0.4, 0.5) is 13.2 Å². The first-order chi connectivity index (χ1) is 14.4. The quantitative estimate of drug-likeness (QED) is 0.608. The number of piperazine rings is 1. The monoisotopic (exact) mass is 498 g/mol.